The number of pyridine rings is 1. The molecule has 0 aliphatic heterocycles. The Labute approximate surface area is 63.9 Å². The highest BCUT2D eigenvalue weighted by atomic mass is 35.5. The first kappa shape index (κ1) is 7.37. The molecule has 0 spiro atoms. The van der Waals surface area contributed by atoms with Crippen molar-refractivity contribution in [1.82, 2.24) is 4.98 Å². The molecule has 0 saturated heterocycles. The van der Waals surface area contributed by atoms with Gasteiger partial charge in [0.25, 0.3) is 0 Å². The van der Waals surface area contributed by atoms with Crippen molar-refractivity contribution in [3.8, 4) is 5.75 Å². The first-order valence-corrected chi connectivity index (χ1v) is 3.05. The fourth-order valence-corrected chi connectivity index (χ4v) is 0.723. The van der Waals surface area contributed by atoms with E-state index in [9.17, 15) is 0 Å². The zero-order chi connectivity index (χ0) is 7.40. The zero-order valence-electron chi connectivity index (χ0n) is 5.12. The smallest absolute Gasteiger partial charge is 0.504 e. The summed E-state index contributed by atoms with van der Waals surface area (Å²) >= 11 is 5.60. The molecule has 0 aromatic carbocycles. The van der Waals surface area contributed by atoms with Gasteiger partial charge in [-0.1, -0.05) is 11.6 Å². The van der Waals surface area contributed by atoms with Crippen molar-refractivity contribution in [2.24, 2.45) is 0 Å². The predicted molar refractivity (Wildman–Crippen MR) is 39.2 cm³/mol. The lowest BCUT2D eigenvalue weighted by Crippen LogP contribution is -1.99. The maximum atomic E-state index is 8.34. The molecule has 10 heavy (non-hydrogen) atoms. The maximum Gasteiger partial charge on any atom is 0.504 e. The van der Waals surface area contributed by atoms with Gasteiger partial charge in [-0.05, 0) is 6.07 Å². The van der Waals surface area contributed by atoms with Crippen LogP contribution in [0.25, 0.3) is 0 Å². The monoisotopic (exact) mass is 157 g/mol. The molecule has 3 nitrogen and oxygen atoms in total. The van der Waals surface area contributed by atoms with E-state index in [0.29, 0.717) is 10.8 Å². The predicted octanol–water partition coefficient (Wildman–Crippen LogP) is 0.373. The molecule has 0 atom stereocenters. The standard InChI is InChI=1S/C5H5BClNO2/c7-4-3-8-2-1-5(4)10-6-9/h1-3,6,9H. The van der Waals surface area contributed by atoms with E-state index in [-0.39, 0.29) is 7.69 Å². The van der Waals surface area contributed by atoms with Crippen LogP contribution in [0.3, 0.4) is 0 Å². The van der Waals surface area contributed by atoms with Gasteiger partial charge in [-0.25, -0.2) is 0 Å². The summed E-state index contributed by atoms with van der Waals surface area (Å²) in [6.07, 6.45) is 2.99. The largest absolute Gasteiger partial charge is 0.538 e. The first-order valence-electron chi connectivity index (χ1n) is 2.68. The Morgan fingerprint density at radius 1 is 1.70 bits per heavy atom. The van der Waals surface area contributed by atoms with Crippen LogP contribution < -0.4 is 4.65 Å². The van der Waals surface area contributed by atoms with Crippen LogP contribution in [0.1, 0.15) is 0 Å². The minimum Gasteiger partial charge on any atom is -0.538 e. The van der Waals surface area contributed by atoms with Gasteiger partial charge in [-0.15, -0.1) is 0 Å². The van der Waals surface area contributed by atoms with Gasteiger partial charge in [-0.2, -0.15) is 0 Å². The normalized spacial score (nSPS) is 9.00. The highest BCUT2D eigenvalue weighted by Gasteiger charge is 1.97. The molecule has 0 unspecified atom stereocenters. The van der Waals surface area contributed by atoms with E-state index in [0.717, 1.165) is 0 Å². The summed E-state index contributed by atoms with van der Waals surface area (Å²) < 4.78 is 4.72. The van der Waals surface area contributed by atoms with Gasteiger partial charge in [0.05, 0.1) is 5.02 Å². The molecule has 52 valence electrons. The van der Waals surface area contributed by atoms with E-state index < -0.39 is 0 Å². The van der Waals surface area contributed by atoms with Gasteiger partial charge < -0.3 is 9.68 Å². The summed E-state index contributed by atoms with van der Waals surface area (Å²) in [6.45, 7) is 0. The third-order valence-electron chi connectivity index (χ3n) is 0.955. The lowest BCUT2D eigenvalue weighted by molar-refractivity contribution is 0.453. The van der Waals surface area contributed by atoms with Crippen molar-refractivity contribution in [3.05, 3.63) is 23.5 Å². The van der Waals surface area contributed by atoms with E-state index in [1.54, 1.807) is 6.07 Å². The summed E-state index contributed by atoms with van der Waals surface area (Å²) in [6, 6.07) is 1.58. The molecule has 0 saturated carbocycles. The van der Waals surface area contributed by atoms with E-state index in [1.807, 2.05) is 0 Å². The quantitative estimate of drug-likeness (QED) is 0.631. The second kappa shape index (κ2) is 3.44. The van der Waals surface area contributed by atoms with Crippen molar-refractivity contribution < 1.29 is 9.68 Å². The number of halogens is 1. The van der Waals surface area contributed by atoms with Gasteiger partial charge in [0.2, 0.25) is 0 Å². The molecule has 1 N–H and O–H groups in total. The van der Waals surface area contributed by atoms with E-state index in [1.165, 1.54) is 12.4 Å². The molecule has 0 fully saturated rings. The minimum atomic E-state index is -0.371. The molecule has 0 aliphatic carbocycles. The second-order valence-corrected chi connectivity index (χ2v) is 1.99. The summed E-state index contributed by atoms with van der Waals surface area (Å²) in [5.41, 5.74) is 0. The fraction of sp³-hybridized carbons (Fsp3) is 0. The van der Waals surface area contributed by atoms with Crippen molar-refractivity contribution in [3.63, 3.8) is 0 Å². The minimum absolute atomic E-state index is 0.371. The third-order valence-corrected chi connectivity index (χ3v) is 1.24. The van der Waals surface area contributed by atoms with E-state index >= 15 is 0 Å². The molecule has 1 heterocycles. The van der Waals surface area contributed by atoms with Crippen molar-refractivity contribution in [1.29, 1.82) is 0 Å². The molecular weight excluding hydrogens is 152 g/mol. The molecule has 1 rings (SSSR count). The topological polar surface area (TPSA) is 42.4 Å². The van der Waals surface area contributed by atoms with Crippen LogP contribution in [0.2, 0.25) is 5.02 Å². The lowest BCUT2D eigenvalue weighted by atomic mass is 10.4. The summed E-state index contributed by atoms with van der Waals surface area (Å²) in [7, 11) is -0.371. The molecular formula is C5H5BClNO2. The van der Waals surface area contributed by atoms with Crippen molar-refractivity contribution in [2.75, 3.05) is 0 Å². The highest BCUT2D eigenvalue weighted by molar-refractivity contribution is 6.32. The van der Waals surface area contributed by atoms with Gasteiger partial charge in [0, 0.05) is 12.4 Å². The van der Waals surface area contributed by atoms with Gasteiger partial charge >= 0.3 is 7.69 Å². The Kier molecular flexibility index (Phi) is 2.53. The number of rotatable bonds is 2. The van der Waals surface area contributed by atoms with Crippen LogP contribution >= 0.6 is 11.6 Å². The Balaban J connectivity index is 2.81. The van der Waals surface area contributed by atoms with E-state index in [2.05, 4.69) is 4.98 Å². The fourth-order valence-electron chi connectivity index (χ4n) is 0.549. The van der Waals surface area contributed by atoms with Crippen LogP contribution in [0, 0.1) is 0 Å². The number of aromatic nitrogens is 1. The first-order chi connectivity index (χ1) is 4.84. The summed E-state index contributed by atoms with van der Waals surface area (Å²) in [5.74, 6) is 0.444. The maximum absolute atomic E-state index is 8.34. The Hall–Kier alpha value is -0.735. The molecule has 0 aliphatic rings. The Morgan fingerprint density at radius 2 is 2.50 bits per heavy atom. The molecule has 1 aromatic heterocycles. The van der Waals surface area contributed by atoms with Gasteiger partial charge in [0.1, 0.15) is 5.75 Å². The Morgan fingerprint density at radius 3 is 3.10 bits per heavy atom. The van der Waals surface area contributed by atoms with Crippen LogP contribution in [-0.2, 0) is 0 Å². The highest BCUT2D eigenvalue weighted by Crippen LogP contribution is 2.20. The summed E-state index contributed by atoms with van der Waals surface area (Å²) in [5, 5.41) is 8.74. The van der Waals surface area contributed by atoms with Crippen molar-refractivity contribution >= 4 is 19.3 Å². The summed E-state index contributed by atoms with van der Waals surface area (Å²) in [4.78, 5) is 3.73. The number of hydrogen-bond donors (Lipinski definition) is 1. The number of nitrogens with zero attached hydrogens (tertiary/aromatic N) is 1. The SMILES string of the molecule is OBOc1ccncc1Cl. The molecule has 0 radical (unpaired) electrons. The molecule has 0 amide bonds. The number of hydrogen-bond acceptors (Lipinski definition) is 3. The van der Waals surface area contributed by atoms with Gasteiger partial charge in [0.15, 0.2) is 0 Å². The molecule has 0 bridgehead atoms. The lowest BCUT2D eigenvalue weighted by Gasteiger charge is -2.01. The molecule has 5 heteroatoms. The average Bonchev–Trinajstić information content (AvgIpc) is 1.94. The van der Waals surface area contributed by atoms with Crippen LogP contribution in [-0.4, -0.2) is 17.7 Å². The van der Waals surface area contributed by atoms with Crippen LogP contribution in [0.4, 0.5) is 0 Å². The average molecular weight is 157 g/mol. The van der Waals surface area contributed by atoms with Crippen molar-refractivity contribution in [2.45, 2.75) is 0 Å². The zero-order valence-corrected chi connectivity index (χ0v) is 5.88. The van der Waals surface area contributed by atoms with Gasteiger partial charge in [-0.3, -0.25) is 4.98 Å². The molecule has 1 aromatic rings. The van der Waals surface area contributed by atoms with Crippen LogP contribution in [0.5, 0.6) is 5.75 Å². The Bertz CT molecular complexity index is 221. The third kappa shape index (κ3) is 1.62. The van der Waals surface area contributed by atoms with Crippen LogP contribution in [0.15, 0.2) is 18.5 Å². The van der Waals surface area contributed by atoms with E-state index in [4.69, 9.17) is 21.3 Å². The second-order valence-electron chi connectivity index (χ2n) is 1.58.